The lowest BCUT2D eigenvalue weighted by molar-refractivity contribution is -0.908. The summed E-state index contributed by atoms with van der Waals surface area (Å²) >= 11 is 0. The van der Waals surface area contributed by atoms with Crippen LogP contribution in [0.1, 0.15) is 23.7 Å². The summed E-state index contributed by atoms with van der Waals surface area (Å²) in [7, 11) is 0. The lowest BCUT2D eigenvalue weighted by atomic mass is 10.0. The Bertz CT molecular complexity index is 1030. The summed E-state index contributed by atoms with van der Waals surface area (Å²) in [6.07, 6.45) is 0.952. The van der Waals surface area contributed by atoms with Crippen molar-refractivity contribution in [2.45, 2.75) is 13.3 Å². The lowest BCUT2D eigenvalue weighted by Gasteiger charge is -2.23. The van der Waals surface area contributed by atoms with Gasteiger partial charge in [-0.05, 0) is 31.2 Å². The van der Waals surface area contributed by atoms with E-state index in [1.165, 1.54) is 0 Å². The fraction of sp³-hybridized carbons (Fsp3) is 0.360. The van der Waals surface area contributed by atoms with Gasteiger partial charge in [-0.3, -0.25) is 4.79 Å². The number of nitrogens with one attached hydrogen (secondary N) is 2. The Morgan fingerprint density at radius 2 is 1.97 bits per heavy atom. The van der Waals surface area contributed by atoms with Crippen molar-refractivity contribution in [1.29, 1.82) is 0 Å². The average molecular weight is 421 g/mol. The first-order chi connectivity index (χ1) is 15.2. The number of carbonyl (C=O) groups excluding carboxylic acids is 1. The van der Waals surface area contributed by atoms with Gasteiger partial charge in [0.15, 0.2) is 0 Å². The van der Waals surface area contributed by atoms with Crippen molar-refractivity contribution in [2.75, 3.05) is 46.0 Å². The highest BCUT2D eigenvalue weighted by molar-refractivity contribution is 6.07. The zero-order chi connectivity index (χ0) is 21.5. The molecule has 31 heavy (non-hydrogen) atoms. The number of nitrogens with zero attached hydrogens (tertiary/aromatic N) is 1. The first kappa shape index (κ1) is 21.3. The molecule has 2 heterocycles. The van der Waals surface area contributed by atoms with Crippen molar-refractivity contribution in [2.24, 2.45) is 0 Å². The number of para-hydroxylation sites is 1. The van der Waals surface area contributed by atoms with Gasteiger partial charge in [-0.25, -0.2) is 4.98 Å². The van der Waals surface area contributed by atoms with Crippen LogP contribution < -0.4 is 15.0 Å². The van der Waals surface area contributed by atoms with Crippen molar-refractivity contribution < 1.29 is 19.2 Å². The third kappa shape index (κ3) is 5.40. The van der Waals surface area contributed by atoms with E-state index in [-0.39, 0.29) is 5.91 Å². The Hall–Kier alpha value is -2.96. The fourth-order valence-corrected chi connectivity index (χ4v) is 3.97. The molecule has 1 amide bonds. The lowest BCUT2D eigenvalue weighted by Crippen LogP contribution is -3.14. The summed E-state index contributed by atoms with van der Waals surface area (Å²) in [5.74, 6) is 0.740. The highest BCUT2D eigenvalue weighted by atomic mass is 16.5. The third-order valence-electron chi connectivity index (χ3n) is 5.59. The van der Waals surface area contributed by atoms with Crippen molar-refractivity contribution in [3.05, 3.63) is 60.2 Å². The van der Waals surface area contributed by atoms with Gasteiger partial charge in [-0.2, -0.15) is 0 Å². The number of rotatable bonds is 8. The number of hydrogen-bond donors (Lipinski definition) is 2. The molecule has 1 aliphatic rings. The molecule has 1 fully saturated rings. The van der Waals surface area contributed by atoms with Crippen molar-refractivity contribution >= 4 is 16.8 Å². The summed E-state index contributed by atoms with van der Waals surface area (Å²) in [5.41, 5.74) is 3.16. The number of morpholine rings is 1. The molecule has 0 atom stereocenters. The molecule has 0 saturated carbocycles. The van der Waals surface area contributed by atoms with E-state index in [9.17, 15) is 4.79 Å². The highest BCUT2D eigenvalue weighted by Crippen LogP contribution is 2.27. The molecule has 4 rings (SSSR count). The molecule has 162 valence electrons. The number of fused-ring (bicyclic) bond motifs is 1. The second kappa shape index (κ2) is 10.4. The molecule has 0 radical (unpaired) electrons. The zero-order valence-corrected chi connectivity index (χ0v) is 18.0. The van der Waals surface area contributed by atoms with E-state index in [1.54, 1.807) is 4.90 Å². The molecule has 3 aromatic rings. The monoisotopic (exact) mass is 420 g/mol. The topological polar surface area (TPSA) is 64.9 Å². The third-order valence-corrected chi connectivity index (χ3v) is 5.59. The van der Waals surface area contributed by atoms with Gasteiger partial charge in [0.25, 0.3) is 5.91 Å². The maximum atomic E-state index is 13.1. The molecule has 0 bridgehead atoms. The number of benzene rings is 2. The largest absolute Gasteiger partial charge is 0.494 e. The normalized spacial score (nSPS) is 14.5. The van der Waals surface area contributed by atoms with Gasteiger partial charge in [0.05, 0.1) is 43.1 Å². The minimum Gasteiger partial charge on any atom is -0.494 e. The van der Waals surface area contributed by atoms with Crippen LogP contribution in [0.25, 0.3) is 22.2 Å². The molecular weight excluding hydrogens is 390 g/mol. The molecule has 6 nitrogen and oxygen atoms in total. The summed E-state index contributed by atoms with van der Waals surface area (Å²) < 4.78 is 11.0. The minimum atomic E-state index is -0.0576. The van der Waals surface area contributed by atoms with Gasteiger partial charge in [-0.15, -0.1) is 0 Å². The molecule has 1 aliphatic heterocycles. The van der Waals surface area contributed by atoms with Crippen LogP contribution in [0.5, 0.6) is 5.75 Å². The van der Waals surface area contributed by atoms with Crippen LogP contribution in [0, 0.1) is 0 Å². The van der Waals surface area contributed by atoms with Gasteiger partial charge in [0, 0.05) is 23.9 Å². The molecule has 0 unspecified atom stereocenters. The summed E-state index contributed by atoms with van der Waals surface area (Å²) in [6.45, 7) is 8.04. The minimum absolute atomic E-state index is 0.0576. The second-order valence-corrected chi connectivity index (χ2v) is 7.75. The summed E-state index contributed by atoms with van der Waals surface area (Å²) in [5, 5.41) is 3.97. The van der Waals surface area contributed by atoms with E-state index in [2.05, 4.69) is 5.32 Å². The molecule has 1 saturated heterocycles. The van der Waals surface area contributed by atoms with Crippen molar-refractivity contribution in [3.8, 4) is 17.0 Å². The van der Waals surface area contributed by atoms with Gasteiger partial charge in [0.2, 0.25) is 0 Å². The van der Waals surface area contributed by atoms with Crippen LogP contribution in [-0.2, 0) is 4.74 Å². The van der Waals surface area contributed by atoms with Crippen LogP contribution >= 0.6 is 0 Å². The maximum Gasteiger partial charge on any atom is 0.252 e. The van der Waals surface area contributed by atoms with E-state index in [0.29, 0.717) is 18.7 Å². The molecule has 1 aromatic heterocycles. The Labute approximate surface area is 183 Å². The second-order valence-electron chi connectivity index (χ2n) is 7.75. The number of aromatic nitrogens is 1. The number of ether oxygens (including phenoxy) is 2. The van der Waals surface area contributed by atoms with Crippen LogP contribution in [0.4, 0.5) is 0 Å². The first-order valence-corrected chi connectivity index (χ1v) is 11.1. The number of quaternary nitrogens is 1. The van der Waals surface area contributed by atoms with Crippen LogP contribution in [0.15, 0.2) is 54.6 Å². The van der Waals surface area contributed by atoms with E-state index in [1.807, 2.05) is 61.5 Å². The van der Waals surface area contributed by atoms with Gasteiger partial charge in [-0.1, -0.05) is 30.3 Å². The first-order valence-electron chi connectivity index (χ1n) is 11.1. The standard InChI is InChI=1S/C25H29N3O3/c1-2-31-20-8-5-7-19(17-20)24-18-22(21-9-3-4-10-23(21)27-24)25(29)26-11-6-12-28-13-15-30-16-14-28/h3-5,7-10,17-18H,2,6,11-16H2,1H3,(H,26,29)/p+1. The summed E-state index contributed by atoms with van der Waals surface area (Å²) in [6, 6.07) is 17.5. The van der Waals surface area contributed by atoms with E-state index in [0.717, 1.165) is 67.2 Å². The van der Waals surface area contributed by atoms with Crippen LogP contribution in [0.2, 0.25) is 0 Å². The number of carbonyl (C=O) groups is 1. The average Bonchev–Trinajstić information content (AvgIpc) is 2.82. The van der Waals surface area contributed by atoms with Crippen molar-refractivity contribution in [1.82, 2.24) is 10.3 Å². The summed E-state index contributed by atoms with van der Waals surface area (Å²) in [4.78, 5) is 19.4. The molecule has 2 N–H and O–H groups in total. The van der Waals surface area contributed by atoms with Crippen LogP contribution in [0.3, 0.4) is 0 Å². The van der Waals surface area contributed by atoms with Gasteiger partial charge >= 0.3 is 0 Å². The highest BCUT2D eigenvalue weighted by Gasteiger charge is 2.16. The quantitative estimate of drug-likeness (QED) is 0.549. The molecule has 0 aliphatic carbocycles. The number of amides is 1. The van der Waals surface area contributed by atoms with Crippen molar-refractivity contribution in [3.63, 3.8) is 0 Å². The maximum absolute atomic E-state index is 13.1. The van der Waals surface area contributed by atoms with Gasteiger partial charge in [0.1, 0.15) is 18.8 Å². The fourth-order valence-electron chi connectivity index (χ4n) is 3.97. The predicted molar refractivity (Wildman–Crippen MR) is 122 cm³/mol. The Kier molecular flexibility index (Phi) is 7.12. The van der Waals surface area contributed by atoms with E-state index < -0.39 is 0 Å². The van der Waals surface area contributed by atoms with E-state index in [4.69, 9.17) is 14.5 Å². The zero-order valence-electron chi connectivity index (χ0n) is 18.0. The molecule has 0 spiro atoms. The van der Waals surface area contributed by atoms with E-state index >= 15 is 0 Å². The Morgan fingerprint density at radius 1 is 1.13 bits per heavy atom. The van der Waals surface area contributed by atoms with Crippen LogP contribution in [-0.4, -0.2) is 56.9 Å². The van der Waals surface area contributed by atoms with Gasteiger partial charge < -0.3 is 19.7 Å². The Morgan fingerprint density at radius 3 is 2.81 bits per heavy atom. The molecular formula is C25H30N3O3+. The Balaban J connectivity index is 1.52. The number of hydrogen-bond acceptors (Lipinski definition) is 4. The predicted octanol–water partition coefficient (Wildman–Crippen LogP) is 2.34. The SMILES string of the molecule is CCOc1cccc(-c2cc(C(=O)NCCC[NH+]3CCOCC3)c3ccccc3n2)c1. The number of pyridine rings is 1. The molecule has 2 aromatic carbocycles. The smallest absolute Gasteiger partial charge is 0.252 e. The molecule has 6 heteroatoms.